The van der Waals surface area contributed by atoms with Gasteiger partial charge < -0.3 is 20.7 Å². The number of carboxylic acids is 2. The van der Waals surface area contributed by atoms with Crippen LogP contribution in [0.25, 0.3) is 0 Å². The van der Waals surface area contributed by atoms with Crippen LogP contribution in [0.2, 0.25) is 0 Å². The second kappa shape index (κ2) is 5.50. The smallest absolute Gasteiger partial charge is 0.333 e. The third-order valence-corrected chi connectivity index (χ3v) is 1.07. The van der Waals surface area contributed by atoms with Gasteiger partial charge in [-0.25, -0.2) is 4.79 Å². The number of aliphatic carboxylic acids is 2. The molecular formula is C6H11NO5. The van der Waals surface area contributed by atoms with Gasteiger partial charge >= 0.3 is 11.9 Å². The SMILES string of the molecule is NCCOC(CC(=O)O)C(=O)O. The third-order valence-electron chi connectivity index (χ3n) is 1.07. The molecule has 0 bridgehead atoms. The molecule has 6 nitrogen and oxygen atoms in total. The zero-order valence-corrected chi connectivity index (χ0v) is 6.40. The molecular weight excluding hydrogens is 166 g/mol. The van der Waals surface area contributed by atoms with E-state index in [1.165, 1.54) is 0 Å². The van der Waals surface area contributed by atoms with Crippen LogP contribution in [0.5, 0.6) is 0 Å². The molecule has 1 unspecified atom stereocenters. The standard InChI is InChI=1S/C6H11NO5/c7-1-2-12-4(6(10)11)3-5(8)9/h4H,1-3,7H2,(H,8,9)(H,10,11). The van der Waals surface area contributed by atoms with Gasteiger partial charge in [0.1, 0.15) is 0 Å². The van der Waals surface area contributed by atoms with Crippen LogP contribution < -0.4 is 5.73 Å². The van der Waals surface area contributed by atoms with Crippen LogP contribution in [0.4, 0.5) is 0 Å². The molecule has 0 fully saturated rings. The minimum absolute atomic E-state index is 0.0459. The number of hydrogen-bond donors (Lipinski definition) is 3. The summed E-state index contributed by atoms with van der Waals surface area (Å²) in [5.41, 5.74) is 5.04. The first-order valence-electron chi connectivity index (χ1n) is 3.34. The number of carboxylic acid groups (broad SMARTS) is 2. The van der Waals surface area contributed by atoms with Crippen molar-refractivity contribution in [2.75, 3.05) is 13.2 Å². The van der Waals surface area contributed by atoms with Crippen LogP contribution in [0.15, 0.2) is 0 Å². The molecule has 0 spiro atoms. The highest BCUT2D eigenvalue weighted by atomic mass is 16.5. The van der Waals surface area contributed by atoms with Gasteiger partial charge in [-0.15, -0.1) is 0 Å². The normalized spacial score (nSPS) is 12.4. The maximum Gasteiger partial charge on any atom is 0.333 e. The summed E-state index contributed by atoms with van der Waals surface area (Å²) in [4.78, 5) is 20.4. The predicted octanol–water partition coefficient (Wildman–Crippen LogP) is -1.11. The van der Waals surface area contributed by atoms with Crippen molar-refractivity contribution in [3.05, 3.63) is 0 Å². The van der Waals surface area contributed by atoms with Crippen LogP contribution >= 0.6 is 0 Å². The average molecular weight is 177 g/mol. The summed E-state index contributed by atoms with van der Waals surface area (Å²) in [5, 5.41) is 16.7. The maximum atomic E-state index is 10.3. The lowest BCUT2D eigenvalue weighted by Crippen LogP contribution is -2.29. The van der Waals surface area contributed by atoms with Gasteiger partial charge in [-0.1, -0.05) is 0 Å². The Kier molecular flexibility index (Phi) is 4.98. The summed E-state index contributed by atoms with van der Waals surface area (Å²) < 4.78 is 4.66. The van der Waals surface area contributed by atoms with Gasteiger partial charge in [0.25, 0.3) is 0 Å². The van der Waals surface area contributed by atoms with E-state index in [4.69, 9.17) is 15.9 Å². The van der Waals surface area contributed by atoms with E-state index in [1.54, 1.807) is 0 Å². The first-order chi connectivity index (χ1) is 5.57. The largest absolute Gasteiger partial charge is 0.481 e. The Balaban J connectivity index is 3.87. The van der Waals surface area contributed by atoms with Gasteiger partial charge in [-0.05, 0) is 0 Å². The fourth-order valence-corrected chi connectivity index (χ4v) is 0.586. The van der Waals surface area contributed by atoms with E-state index in [2.05, 4.69) is 4.74 Å². The highest BCUT2D eigenvalue weighted by Gasteiger charge is 2.20. The van der Waals surface area contributed by atoms with E-state index in [-0.39, 0.29) is 13.2 Å². The number of rotatable bonds is 6. The molecule has 1 atom stereocenters. The maximum absolute atomic E-state index is 10.3. The lowest BCUT2D eigenvalue weighted by molar-refractivity contribution is -0.156. The van der Waals surface area contributed by atoms with Crippen LogP contribution in [0, 0.1) is 0 Å². The fraction of sp³-hybridized carbons (Fsp3) is 0.667. The van der Waals surface area contributed by atoms with Crippen molar-refractivity contribution in [2.24, 2.45) is 5.73 Å². The summed E-state index contributed by atoms with van der Waals surface area (Å²) in [6, 6.07) is 0. The van der Waals surface area contributed by atoms with E-state index < -0.39 is 24.5 Å². The number of ether oxygens (including phenoxy) is 1. The Labute approximate surface area is 68.9 Å². The van der Waals surface area contributed by atoms with Crippen molar-refractivity contribution in [1.29, 1.82) is 0 Å². The van der Waals surface area contributed by atoms with E-state index >= 15 is 0 Å². The van der Waals surface area contributed by atoms with Gasteiger partial charge in [-0.3, -0.25) is 4.79 Å². The average Bonchev–Trinajstić information content (AvgIpc) is 1.96. The van der Waals surface area contributed by atoms with Crippen LogP contribution in [0.1, 0.15) is 6.42 Å². The van der Waals surface area contributed by atoms with Gasteiger partial charge in [0.05, 0.1) is 13.0 Å². The molecule has 0 saturated heterocycles. The van der Waals surface area contributed by atoms with Crippen molar-refractivity contribution in [2.45, 2.75) is 12.5 Å². The molecule has 6 heteroatoms. The quantitative estimate of drug-likeness (QED) is 0.474. The second-order valence-electron chi connectivity index (χ2n) is 2.08. The van der Waals surface area contributed by atoms with E-state index in [9.17, 15) is 9.59 Å². The predicted molar refractivity (Wildman–Crippen MR) is 38.7 cm³/mol. The van der Waals surface area contributed by atoms with E-state index in [0.717, 1.165) is 0 Å². The molecule has 0 rings (SSSR count). The lowest BCUT2D eigenvalue weighted by atomic mass is 10.2. The van der Waals surface area contributed by atoms with Gasteiger partial charge in [0.2, 0.25) is 0 Å². The molecule has 0 aromatic heterocycles. The summed E-state index contributed by atoms with van der Waals surface area (Å²) >= 11 is 0. The molecule has 4 N–H and O–H groups in total. The van der Waals surface area contributed by atoms with Crippen LogP contribution in [-0.4, -0.2) is 41.4 Å². The molecule has 0 aromatic carbocycles. The molecule has 70 valence electrons. The van der Waals surface area contributed by atoms with Crippen molar-refractivity contribution >= 4 is 11.9 Å². The molecule has 0 radical (unpaired) electrons. The molecule has 0 amide bonds. The van der Waals surface area contributed by atoms with Crippen LogP contribution in [-0.2, 0) is 14.3 Å². The number of nitrogens with two attached hydrogens (primary N) is 1. The molecule has 0 heterocycles. The Morgan fingerprint density at radius 3 is 2.33 bits per heavy atom. The van der Waals surface area contributed by atoms with Crippen LogP contribution in [0.3, 0.4) is 0 Å². The first-order valence-corrected chi connectivity index (χ1v) is 3.34. The Morgan fingerprint density at radius 2 is 2.00 bits per heavy atom. The Bertz CT molecular complexity index is 169. The minimum Gasteiger partial charge on any atom is -0.481 e. The highest BCUT2D eigenvalue weighted by molar-refractivity contribution is 5.79. The Hall–Kier alpha value is -1.14. The molecule has 0 aromatic rings. The second-order valence-corrected chi connectivity index (χ2v) is 2.08. The summed E-state index contributed by atoms with van der Waals surface area (Å²) in [7, 11) is 0. The molecule has 0 saturated carbocycles. The zero-order valence-electron chi connectivity index (χ0n) is 6.40. The minimum atomic E-state index is -1.30. The fourth-order valence-electron chi connectivity index (χ4n) is 0.586. The van der Waals surface area contributed by atoms with Crippen molar-refractivity contribution in [3.8, 4) is 0 Å². The molecule has 0 aliphatic heterocycles. The summed E-state index contributed by atoms with van der Waals surface area (Å²) in [6.07, 6.45) is -1.85. The van der Waals surface area contributed by atoms with Crippen molar-refractivity contribution in [1.82, 2.24) is 0 Å². The highest BCUT2D eigenvalue weighted by Crippen LogP contribution is 1.98. The lowest BCUT2D eigenvalue weighted by Gasteiger charge is -2.09. The van der Waals surface area contributed by atoms with Crippen molar-refractivity contribution in [3.63, 3.8) is 0 Å². The van der Waals surface area contributed by atoms with E-state index in [1.807, 2.05) is 0 Å². The Morgan fingerprint density at radius 1 is 1.42 bits per heavy atom. The summed E-state index contributed by atoms with van der Waals surface area (Å²) in [6.45, 7) is 0.216. The first kappa shape index (κ1) is 10.9. The molecule has 0 aliphatic rings. The zero-order chi connectivity index (χ0) is 9.56. The number of carbonyl (C=O) groups is 2. The number of hydrogen-bond acceptors (Lipinski definition) is 4. The molecule has 12 heavy (non-hydrogen) atoms. The summed E-state index contributed by atoms with van der Waals surface area (Å²) in [5.74, 6) is -2.50. The van der Waals surface area contributed by atoms with Gasteiger partial charge in [0, 0.05) is 6.54 Å². The third kappa shape index (κ3) is 4.64. The van der Waals surface area contributed by atoms with Gasteiger partial charge in [-0.2, -0.15) is 0 Å². The molecule has 0 aliphatic carbocycles. The van der Waals surface area contributed by atoms with Crippen molar-refractivity contribution < 1.29 is 24.5 Å². The monoisotopic (exact) mass is 177 g/mol. The van der Waals surface area contributed by atoms with Gasteiger partial charge in [0.15, 0.2) is 6.10 Å². The topological polar surface area (TPSA) is 110 Å². The van der Waals surface area contributed by atoms with E-state index in [0.29, 0.717) is 0 Å².